The molecule has 0 bridgehead atoms. The number of benzene rings is 2. The van der Waals surface area contributed by atoms with Gasteiger partial charge in [0.15, 0.2) is 0 Å². The van der Waals surface area contributed by atoms with Crippen molar-refractivity contribution >= 4 is 11.6 Å². The summed E-state index contributed by atoms with van der Waals surface area (Å²) in [4.78, 5) is 12.5. The summed E-state index contributed by atoms with van der Waals surface area (Å²) < 4.78 is 11.5. The van der Waals surface area contributed by atoms with Gasteiger partial charge in [-0.1, -0.05) is 46.1 Å². The first-order valence-electron chi connectivity index (χ1n) is 10.4. The van der Waals surface area contributed by atoms with Crippen LogP contribution in [-0.2, 0) is 0 Å². The van der Waals surface area contributed by atoms with Crippen molar-refractivity contribution < 1.29 is 14.3 Å². The molecule has 1 N–H and O–H groups in total. The minimum Gasteiger partial charge on any atom is -0.494 e. The fourth-order valence-electron chi connectivity index (χ4n) is 2.70. The average Bonchev–Trinajstić information content (AvgIpc) is 2.69. The van der Waals surface area contributed by atoms with E-state index in [2.05, 4.69) is 26.1 Å². The van der Waals surface area contributed by atoms with Gasteiger partial charge < -0.3 is 14.8 Å². The van der Waals surface area contributed by atoms with Crippen molar-refractivity contribution in [1.82, 2.24) is 0 Å². The molecule has 0 aromatic heterocycles. The normalized spacial score (nSPS) is 10.7. The molecule has 0 aliphatic heterocycles. The monoisotopic (exact) mass is 383 g/mol. The summed E-state index contributed by atoms with van der Waals surface area (Å²) in [5, 5.41) is 2.92. The molecule has 0 heterocycles. The lowest BCUT2D eigenvalue weighted by molar-refractivity contribution is 0.102. The van der Waals surface area contributed by atoms with E-state index in [1.807, 2.05) is 36.4 Å². The second-order valence-electron chi connectivity index (χ2n) is 7.45. The number of carbonyl (C=O) groups excluding carboxylic acids is 1. The van der Waals surface area contributed by atoms with Gasteiger partial charge in [-0.2, -0.15) is 0 Å². The van der Waals surface area contributed by atoms with E-state index in [0.29, 0.717) is 18.1 Å². The van der Waals surface area contributed by atoms with Crippen molar-refractivity contribution in [3.05, 3.63) is 54.1 Å². The van der Waals surface area contributed by atoms with E-state index in [4.69, 9.17) is 9.47 Å². The molecule has 0 atom stereocenters. The molecule has 152 valence electrons. The van der Waals surface area contributed by atoms with Crippen LogP contribution in [0.3, 0.4) is 0 Å². The summed E-state index contributed by atoms with van der Waals surface area (Å²) in [7, 11) is 0. The Bertz CT molecular complexity index is 710. The molecular weight excluding hydrogens is 350 g/mol. The molecule has 4 heteroatoms. The highest BCUT2D eigenvalue weighted by molar-refractivity contribution is 6.04. The number of hydrogen-bond acceptors (Lipinski definition) is 3. The van der Waals surface area contributed by atoms with Gasteiger partial charge in [-0.3, -0.25) is 4.79 Å². The maximum Gasteiger partial charge on any atom is 0.255 e. The lowest BCUT2D eigenvalue weighted by Crippen LogP contribution is -2.12. The van der Waals surface area contributed by atoms with E-state index in [0.717, 1.165) is 36.6 Å². The second kappa shape index (κ2) is 12.1. The van der Waals surface area contributed by atoms with Gasteiger partial charge in [-0.15, -0.1) is 0 Å². The van der Waals surface area contributed by atoms with Crippen molar-refractivity contribution in [2.24, 2.45) is 5.92 Å². The average molecular weight is 384 g/mol. The molecule has 2 aromatic rings. The molecule has 4 nitrogen and oxygen atoms in total. The molecule has 0 unspecified atom stereocenters. The molecule has 0 aliphatic rings. The molecule has 0 saturated heterocycles. The van der Waals surface area contributed by atoms with E-state index in [1.54, 1.807) is 12.1 Å². The molecule has 0 spiro atoms. The van der Waals surface area contributed by atoms with E-state index < -0.39 is 0 Å². The molecule has 0 saturated carbocycles. The zero-order valence-electron chi connectivity index (χ0n) is 17.4. The standard InChI is InChI=1S/C24H33NO3/c1-4-5-6-7-16-27-22-13-11-21(12-14-22)25-24(26)20-9-8-10-23(18-20)28-17-15-19(2)3/h8-14,18-19H,4-7,15-17H2,1-3H3,(H,25,26). The van der Waals surface area contributed by atoms with Gasteiger partial charge >= 0.3 is 0 Å². The minimum atomic E-state index is -0.150. The Morgan fingerprint density at radius 1 is 0.929 bits per heavy atom. The van der Waals surface area contributed by atoms with Gasteiger partial charge in [0, 0.05) is 11.3 Å². The lowest BCUT2D eigenvalue weighted by atomic mass is 10.1. The molecular formula is C24H33NO3. The molecule has 0 radical (unpaired) electrons. The second-order valence-corrected chi connectivity index (χ2v) is 7.45. The topological polar surface area (TPSA) is 47.6 Å². The Kier molecular flexibility index (Phi) is 9.40. The number of hydrogen-bond donors (Lipinski definition) is 1. The zero-order valence-corrected chi connectivity index (χ0v) is 17.4. The summed E-state index contributed by atoms with van der Waals surface area (Å²) in [5.41, 5.74) is 1.33. The van der Waals surface area contributed by atoms with Gasteiger partial charge in [0.05, 0.1) is 13.2 Å². The fraction of sp³-hybridized carbons (Fsp3) is 0.458. The number of rotatable bonds is 12. The minimum absolute atomic E-state index is 0.150. The third kappa shape index (κ3) is 8.03. The van der Waals surface area contributed by atoms with E-state index in [1.165, 1.54) is 19.3 Å². The van der Waals surface area contributed by atoms with E-state index >= 15 is 0 Å². The van der Waals surface area contributed by atoms with Gasteiger partial charge in [0.2, 0.25) is 0 Å². The van der Waals surface area contributed by atoms with Crippen LogP contribution in [0.5, 0.6) is 11.5 Å². The van der Waals surface area contributed by atoms with Crippen LogP contribution >= 0.6 is 0 Å². The van der Waals surface area contributed by atoms with Crippen LogP contribution < -0.4 is 14.8 Å². The largest absolute Gasteiger partial charge is 0.494 e. The summed E-state index contributed by atoms with van der Waals surface area (Å²) in [5.74, 6) is 1.99. The first-order valence-corrected chi connectivity index (χ1v) is 10.4. The number of carbonyl (C=O) groups is 1. The number of unbranched alkanes of at least 4 members (excludes halogenated alkanes) is 3. The summed E-state index contributed by atoms with van der Waals surface area (Å²) in [6, 6.07) is 14.8. The summed E-state index contributed by atoms with van der Waals surface area (Å²) in [6.45, 7) is 7.91. The molecule has 1 amide bonds. The number of nitrogens with one attached hydrogen (secondary N) is 1. The predicted molar refractivity (Wildman–Crippen MR) is 115 cm³/mol. The van der Waals surface area contributed by atoms with Crippen molar-refractivity contribution in [3.63, 3.8) is 0 Å². The predicted octanol–water partition coefficient (Wildman–Crippen LogP) is 6.32. The van der Waals surface area contributed by atoms with Gasteiger partial charge in [-0.05, 0) is 61.2 Å². The highest BCUT2D eigenvalue weighted by Gasteiger charge is 2.08. The Morgan fingerprint density at radius 3 is 2.39 bits per heavy atom. The van der Waals surface area contributed by atoms with Crippen LogP contribution in [0.4, 0.5) is 5.69 Å². The zero-order chi connectivity index (χ0) is 20.2. The first kappa shape index (κ1) is 21.8. The third-order valence-electron chi connectivity index (χ3n) is 4.44. The van der Waals surface area contributed by atoms with Crippen LogP contribution in [0.25, 0.3) is 0 Å². The highest BCUT2D eigenvalue weighted by Crippen LogP contribution is 2.19. The Labute approximate surface area is 169 Å². The maximum atomic E-state index is 12.5. The highest BCUT2D eigenvalue weighted by atomic mass is 16.5. The Balaban J connectivity index is 1.83. The van der Waals surface area contributed by atoms with Crippen LogP contribution in [0, 0.1) is 5.92 Å². The summed E-state index contributed by atoms with van der Waals surface area (Å²) in [6.07, 6.45) is 5.73. The van der Waals surface area contributed by atoms with Gasteiger partial charge in [0.25, 0.3) is 5.91 Å². The number of ether oxygens (including phenoxy) is 2. The smallest absolute Gasteiger partial charge is 0.255 e. The van der Waals surface area contributed by atoms with Crippen molar-refractivity contribution in [3.8, 4) is 11.5 Å². The van der Waals surface area contributed by atoms with E-state index in [-0.39, 0.29) is 5.91 Å². The molecule has 0 aliphatic carbocycles. The SMILES string of the molecule is CCCCCCOc1ccc(NC(=O)c2cccc(OCCC(C)C)c2)cc1. The molecule has 2 aromatic carbocycles. The third-order valence-corrected chi connectivity index (χ3v) is 4.44. The molecule has 28 heavy (non-hydrogen) atoms. The van der Waals surface area contributed by atoms with Crippen LogP contribution in [0.1, 0.15) is 63.2 Å². The van der Waals surface area contributed by atoms with Gasteiger partial charge in [0.1, 0.15) is 11.5 Å². The Hall–Kier alpha value is -2.49. The molecule has 2 rings (SSSR count). The Morgan fingerprint density at radius 2 is 1.68 bits per heavy atom. The summed E-state index contributed by atoms with van der Waals surface area (Å²) >= 11 is 0. The molecule has 0 fully saturated rings. The first-order chi connectivity index (χ1) is 13.6. The van der Waals surface area contributed by atoms with Crippen molar-refractivity contribution in [1.29, 1.82) is 0 Å². The van der Waals surface area contributed by atoms with Crippen LogP contribution in [0.2, 0.25) is 0 Å². The van der Waals surface area contributed by atoms with Crippen molar-refractivity contribution in [2.45, 2.75) is 52.9 Å². The van der Waals surface area contributed by atoms with Crippen LogP contribution in [0.15, 0.2) is 48.5 Å². The fourth-order valence-corrected chi connectivity index (χ4v) is 2.70. The van der Waals surface area contributed by atoms with E-state index in [9.17, 15) is 4.79 Å². The van der Waals surface area contributed by atoms with Crippen molar-refractivity contribution in [2.75, 3.05) is 18.5 Å². The van der Waals surface area contributed by atoms with Gasteiger partial charge in [-0.25, -0.2) is 0 Å². The number of anilines is 1. The quantitative estimate of drug-likeness (QED) is 0.436. The lowest BCUT2D eigenvalue weighted by Gasteiger charge is -2.10. The van der Waals surface area contributed by atoms with Crippen LogP contribution in [-0.4, -0.2) is 19.1 Å². The maximum absolute atomic E-state index is 12.5. The number of amides is 1.